The molecule has 0 spiro atoms. The fraction of sp³-hybridized carbons (Fsp3) is 0.318. The molecule has 0 heterocycles. The summed E-state index contributed by atoms with van der Waals surface area (Å²) in [5, 5.41) is 5.81. The number of carbonyl (C=O) groups excluding carboxylic acids is 3. The van der Waals surface area contributed by atoms with E-state index >= 15 is 0 Å². The van der Waals surface area contributed by atoms with Crippen molar-refractivity contribution in [2.45, 2.75) is 26.8 Å². The van der Waals surface area contributed by atoms with Crippen LogP contribution in [0.2, 0.25) is 5.02 Å². The highest BCUT2D eigenvalue weighted by molar-refractivity contribution is 6.33. The maximum absolute atomic E-state index is 12.9. The number of anilines is 1. The van der Waals surface area contributed by atoms with E-state index in [4.69, 9.17) is 11.6 Å². The Morgan fingerprint density at radius 2 is 1.66 bits per heavy atom. The van der Waals surface area contributed by atoms with Crippen LogP contribution in [0, 0.1) is 12.8 Å². The second-order valence-corrected chi connectivity index (χ2v) is 7.69. The summed E-state index contributed by atoms with van der Waals surface area (Å²) in [6, 6.07) is 13.2. The monoisotopic (exact) mass is 415 g/mol. The molecular weight excluding hydrogens is 390 g/mol. The molecule has 2 rings (SSSR count). The van der Waals surface area contributed by atoms with Gasteiger partial charge in [-0.1, -0.05) is 55.3 Å². The largest absolute Gasteiger partial charge is 0.340 e. The predicted octanol–water partition coefficient (Wildman–Crippen LogP) is 3.50. The van der Waals surface area contributed by atoms with Crippen LogP contribution in [0.5, 0.6) is 0 Å². The van der Waals surface area contributed by atoms with Gasteiger partial charge >= 0.3 is 0 Å². The van der Waals surface area contributed by atoms with E-state index in [9.17, 15) is 14.4 Å². The van der Waals surface area contributed by atoms with Crippen molar-refractivity contribution >= 4 is 35.0 Å². The molecule has 3 amide bonds. The molecule has 29 heavy (non-hydrogen) atoms. The number of likely N-dealkylation sites (N-methyl/N-ethyl adjacent to an activating group) is 1. The van der Waals surface area contributed by atoms with E-state index in [0.29, 0.717) is 16.3 Å². The lowest BCUT2D eigenvalue weighted by Gasteiger charge is -2.27. The van der Waals surface area contributed by atoms with Crippen molar-refractivity contribution in [2.24, 2.45) is 5.92 Å². The molecule has 0 aliphatic heterocycles. The van der Waals surface area contributed by atoms with E-state index in [2.05, 4.69) is 10.6 Å². The van der Waals surface area contributed by atoms with Gasteiger partial charge in [0.25, 0.3) is 5.91 Å². The van der Waals surface area contributed by atoms with E-state index in [1.165, 1.54) is 11.9 Å². The summed E-state index contributed by atoms with van der Waals surface area (Å²) >= 11 is 6.07. The first-order chi connectivity index (χ1) is 13.7. The molecule has 7 heteroatoms. The lowest BCUT2D eigenvalue weighted by Crippen LogP contribution is -2.51. The van der Waals surface area contributed by atoms with Gasteiger partial charge in [0.15, 0.2) is 0 Å². The number of aryl methyl sites for hydroxylation is 1. The average molecular weight is 416 g/mol. The number of hydrogen-bond donors (Lipinski definition) is 2. The molecule has 1 unspecified atom stereocenters. The molecule has 0 fully saturated rings. The Bertz CT molecular complexity index is 881. The minimum absolute atomic E-state index is 0.127. The molecule has 0 radical (unpaired) electrons. The molecule has 0 saturated heterocycles. The fourth-order valence-electron chi connectivity index (χ4n) is 2.75. The van der Waals surface area contributed by atoms with Crippen LogP contribution in [0.3, 0.4) is 0 Å². The van der Waals surface area contributed by atoms with Crippen molar-refractivity contribution < 1.29 is 14.4 Å². The highest BCUT2D eigenvalue weighted by atomic mass is 35.5. The summed E-state index contributed by atoms with van der Waals surface area (Å²) in [5.41, 5.74) is 2.05. The Kier molecular flexibility index (Phi) is 7.79. The van der Waals surface area contributed by atoms with Gasteiger partial charge in [-0.05, 0) is 37.1 Å². The van der Waals surface area contributed by atoms with E-state index in [-0.39, 0.29) is 24.3 Å². The summed E-state index contributed by atoms with van der Waals surface area (Å²) in [6.07, 6.45) is 0. The van der Waals surface area contributed by atoms with E-state index < -0.39 is 11.9 Å². The van der Waals surface area contributed by atoms with Crippen LogP contribution >= 0.6 is 11.6 Å². The van der Waals surface area contributed by atoms with Crippen molar-refractivity contribution in [3.63, 3.8) is 0 Å². The first-order valence-electron chi connectivity index (χ1n) is 9.36. The third-order valence-electron chi connectivity index (χ3n) is 4.43. The molecule has 0 aliphatic carbocycles. The van der Waals surface area contributed by atoms with Crippen LogP contribution in [0.4, 0.5) is 5.69 Å². The summed E-state index contributed by atoms with van der Waals surface area (Å²) < 4.78 is 0. The molecule has 0 saturated carbocycles. The van der Waals surface area contributed by atoms with Crippen molar-refractivity contribution in [1.29, 1.82) is 0 Å². The first-order valence-corrected chi connectivity index (χ1v) is 9.73. The Hall–Kier alpha value is -2.86. The van der Waals surface area contributed by atoms with Crippen molar-refractivity contribution in [2.75, 3.05) is 18.9 Å². The zero-order valence-electron chi connectivity index (χ0n) is 17.0. The Morgan fingerprint density at radius 3 is 2.24 bits per heavy atom. The molecular formula is C22H26ClN3O3. The van der Waals surface area contributed by atoms with Gasteiger partial charge in [-0.15, -0.1) is 0 Å². The van der Waals surface area contributed by atoms with Gasteiger partial charge in [0.1, 0.15) is 6.04 Å². The number of carbonyl (C=O) groups is 3. The zero-order valence-corrected chi connectivity index (χ0v) is 17.8. The lowest BCUT2D eigenvalue weighted by molar-refractivity contribution is -0.135. The van der Waals surface area contributed by atoms with Gasteiger partial charge in [0.2, 0.25) is 11.8 Å². The molecule has 2 aromatic rings. The summed E-state index contributed by atoms with van der Waals surface area (Å²) in [7, 11) is 1.54. The fourth-order valence-corrected chi connectivity index (χ4v) is 2.97. The Labute approximate surface area is 176 Å². The van der Waals surface area contributed by atoms with E-state index in [1.807, 2.05) is 32.9 Å². The van der Waals surface area contributed by atoms with Crippen LogP contribution in [-0.2, 0) is 9.59 Å². The topological polar surface area (TPSA) is 78.5 Å². The molecule has 1 atom stereocenters. The highest BCUT2D eigenvalue weighted by Crippen LogP contribution is 2.16. The van der Waals surface area contributed by atoms with E-state index in [0.717, 1.165) is 5.56 Å². The van der Waals surface area contributed by atoms with Gasteiger partial charge in [-0.2, -0.15) is 0 Å². The smallest absolute Gasteiger partial charge is 0.253 e. The number of hydrogen-bond acceptors (Lipinski definition) is 3. The van der Waals surface area contributed by atoms with Crippen molar-refractivity contribution in [3.8, 4) is 0 Å². The van der Waals surface area contributed by atoms with Gasteiger partial charge in [-0.3, -0.25) is 14.4 Å². The van der Waals surface area contributed by atoms with Crippen LogP contribution in [-0.4, -0.2) is 42.3 Å². The standard InChI is InChI=1S/C22H26ClN3O3/c1-14(2)20(25-21(28)17-7-5-6-8-18(17)23)22(29)26(4)13-19(27)24-16-11-9-15(3)10-12-16/h5-12,14,20H,13H2,1-4H3,(H,24,27)(H,25,28). The second-order valence-electron chi connectivity index (χ2n) is 7.28. The van der Waals surface area contributed by atoms with Crippen LogP contribution in [0.15, 0.2) is 48.5 Å². The third-order valence-corrected chi connectivity index (χ3v) is 4.76. The molecule has 0 bridgehead atoms. The second kappa shape index (κ2) is 10.1. The highest BCUT2D eigenvalue weighted by Gasteiger charge is 2.28. The number of nitrogens with zero attached hydrogens (tertiary/aromatic N) is 1. The van der Waals surface area contributed by atoms with Gasteiger partial charge in [-0.25, -0.2) is 0 Å². The van der Waals surface area contributed by atoms with Crippen molar-refractivity contribution in [3.05, 3.63) is 64.7 Å². The van der Waals surface area contributed by atoms with Gasteiger partial charge < -0.3 is 15.5 Å². The molecule has 6 nitrogen and oxygen atoms in total. The maximum atomic E-state index is 12.9. The summed E-state index contributed by atoms with van der Waals surface area (Å²) in [6.45, 7) is 5.49. The van der Waals surface area contributed by atoms with Gasteiger partial charge in [0, 0.05) is 12.7 Å². The minimum Gasteiger partial charge on any atom is -0.340 e. The maximum Gasteiger partial charge on any atom is 0.253 e. The molecule has 2 aromatic carbocycles. The van der Waals surface area contributed by atoms with Crippen LogP contribution < -0.4 is 10.6 Å². The third kappa shape index (κ3) is 6.32. The number of rotatable bonds is 7. The number of halogens is 1. The molecule has 0 aromatic heterocycles. The zero-order chi connectivity index (χ0) is 21.6. The quantitative estimate of drug-likeness (QED) is 0.726. The Morgan fingerprint density at radius 1 is 1.03 bits per heavy atom. The van der Waals surface area contributed by atoms with Crippen LogP contribution in [0.25, 0.3) is 0 Å². The van der Waals surface area contributed by atoms with Gasteiger partial charge in [0.05, 0.1) is 17.1 Å². The number of benzene rings is 2. The van der Waals surface area contributed by atoms with Crippen LogP contribution in [0.1, 0.15) is 29.8 Å². The minimum atomic E-state index is -0.782. The average Bonchev–Trinajstić information content (AvgIpc) is 2.67. The summed E-state index contributed by atoms with van der Waals surface area (Å²) in [5.74, 6) is -1.26. The summed E-state index contributed by atoms with van der Waals surface area (Å²) in [4.78, 5) is 39.0. The number of amides is 3. The SMILES string of the molecule is Cc1ccc(NC(=O)CN(C)C(=O)C(NC(=O)c2ccccc2Cl)C(C)C)cc1. The van der Waals surface area contributed by atoms with E-state index in [1.54, 1.807) is 36.4 Å². The normalized spacial score (nSPS) is 11.7. The Balaban J connectivity index is 2.01. The number of nitrogens with one attached hydrogen (secondary N) is 2. The molecule has 0 aliphatic rings. The predicted molar refractivity (Wildman–Crippen MR) is 115 cm³/mol. The van der Waals surface area contributed by atoms with Crippen molar-refractivity contribution in [1.82, 2.24) is 10.2 Å². The lowest BCUT2D eigenvalue weighted by atomic mass is 10.0. The molecule has 2 N–H and O–H groups in total. The molecule has 154 valence electrons. The first kappa shape index (κ1) is 22.4.